The molecule has 0 spiro atoms. The molecule has 1 unspecified atom stereocenters. The fraction of sp³-hybridized carbons (Fsp3) is 0.462. The number of benzene rings is 1. The fourth-order valence-electron chi connectivity index (χ4n) is 1.49. The minimum absolute atomic E-state index is 0.0822. The van der Waals surface area contributed by atoms with E-state index in [1.807, 2.05) is 50.2 Å². The highest BCUT2D eigenvalue weighted by Crippen LogP contribution is 2.13. The third-order valence-electron chi connectivity index (χ3n) is 2.57. The first-order valence-electron chi connectivity index (χ1n) is 5.56. The van der Waals surface area contributed by atoms with Crippen LogP contribution in [0.3, 0.4) is 0 Å². The van der Waals surface area contributed by atoms with Gasteiger partial charge in [-0.3, -0.25) is 4.79 Å². The SMILES string of the molecule is Cc1cccc(OCC(CC(=O)O)N(C)C)c1. The zero-order valence-electron chi connectivity index (χ0n) is 10.5. The molecular formula is C13H19NO3. The molecule has 0 aliphatic rings. The topological polar surface area (TPSA) is 49.8 Å². The number of carboxylic acid groups (broad SMARTS) is 1. The van der Waals surface area contributed by atoms with Crippen molar-refractivity contribution in [3.05, 3.63) is 29.8 Å². The van der Waals surface area contributed by atoms with Gasteiger partial charge in [-0.05, 0) is 38.7 Å². The lowest BCUT2D eigenvalue weighted by molar-refractivity contribution is -0.138. The number of aryl methyl sites for hydroxylation is 1. The van der Waals surface area contributed by atoms with Crippen LogP contribution in [-0.2, 0) is 4.79 Å². The van der Waals surface area contributed by atoms with Crippen molar-refractivity contribution in [3.63, 3.8) is 0 Å². The number of nitrogens with zero attached hydrogens (tertiary/aromatic N) is 1. The summed E-state index contributed by atoms with van der Waals surface area (Å²) in [5, 5.41) is 8.79. The zero-order chi connectivity index (χ0) is 12.8. The molecule has 0 radical (unpaired) electrons. The van der Waals surface area contributed by atoms with E-state index < -0.39 is 5.97 Å². The standard InChI is InChI=1S/C13H19NO3/c1-10-5-4-6-12(7-10)17-9-11(14(2)3)8-13(15)16/h4-7,11H,8-9H2,1-3H3,(H,15,16). The van der Waals surface area contributed by atoms with Gasteiger partial charge in [-0.25, -0.2) is 0 Å². The second-order valence-electron chi connectivity index (χ2n) is 4.34. The Hall–Kier alpha value is -1.55. The minimum Gasteiger partial charge on any atom is -0.492 e. The van der Waals surface area contributed by atoms with Gasteiger partial charge >= 0.3 is 5.97 Å². The number of carboxylic acids is 1. The smallest absolute Gasteiger partial charge is 0.305 e. The molecule has 1 aromatic rings. The Morgan fingerprint density at radius 2 is 2.18 bits per heavy atom. The van der Waals surface area contributed by atoms with Gasteiger partial charge in [-0.15, -0.1) is 0 Å². The largest absolute Gasteiger partial charge is 0.492 e. The number of carbonyl (C=O) groups is 1. The molecular weight excluding hydrogens is 218 g/mol. The van der Waals surface area contributed by atoms with Crippen molar-refractivity contribution in [2.75, 3.05) is 20.7 Å². The lowest BCUT2D eigenvalue weighted by Crippen LogP contribution is -2.35. The van der Waals surface area contributed by atoms with Gasteiger partial charge in [0.05, 0.1) is 12.5 Å². The highest BCUT2D eigenvalue weighted by Gasteiger charge is 2.16. The molecule has 0 fully saturated rings. The van der Waals surface area contributed by atoms with E-state index in [1.54, 1.807) is 0 Å². The molecule has 0 heterocycles. The summed E-state index contributed by atoms with van der Waals surface area (Å²) in [5.41, 5.74) is 1.13. The highest BCUT2D eigenvalue weighted by atomic mass is 16.5. The molecule has 0 aliphatic carbocycles. The molecule has 17 heavy (non-hydrogen) atoms. The van der Waals surface area contributed by atoms with E-state index >= 15 is 0 Å². The van der Waals surface area contributed by atoms with Gasteiger partial charge in [0.25, 0.3) is 0 Å². The van der Waals surface area contributed by atoms with Crippen LogP contribution in [0.15, 0.2) is 24.3 Å². The lowest BCUT2D eigenvalue weighted by Gasteiger charge is -2.22. The van der Waals surface area contributed by atoms with Crippen LogP contribution in [0.1, 0.15) is 12.0 Å². The van der Waals surface area contributed by atoms with Crippen molar-refractivity contribution in [3.8, 4) is 5.75 Å². The third kappa shape index (κ3) is 4.87. The average molecular weight is 237 g/mol. The Bertz CT molecular complexity index is 377. The van der Waals surface area contributed by atoms with Crippen LogP contribution in [0, 0.1) is 6.92 Å². The van der Waals surface area contributed by atoms with E-state index in [-0.39, 0.29) is 12.5 Å². The first kappa shape index (κ1) is 13.5. The Morgan fingerprint density at radius 1 is 1.47 bits per heavy atom. The maximum atomic E-state index is 10.7. The van der Waals surface area contributed by atoms with Gasteiger partial charge in [0, 0.05) is 0 Å². The molecule has 4 heteroatoms. The third-order valence-corrected chi connectivity index (χ3v) is 2.57. The van der Waals surface area contributed by atoms with Gasteiger partial charge in [0.1, 0.15) is 12.4 Å². The molecule has 0 aliphatic heterocycles. The van der Waals surface area contributed by atoms with Gasteiger partial charge in [0.2, 0.25) is 0 Å². The quantitative estimate of drug-likeness (QED) is 0.819. The summed E-state index contributed by atoms with van der Waals surface area (Å²) in [7, 11) is 3.71. The van der Waals surface area contributed by atoms with E-state index in [0.29, 0.717) is 6.61 Å². The Kier molecular flexibility index (Phi) is 4.97. The number of likely N-dealkylation sites (N-methyl/N-ethyl adjacent to an activating group) is 1. The second-order valence-corrected chi connectivity index (χ2v) is 4.34. The van der Waals surface area contributed by atoms with Crippen molar-refractivity contribution in [1.29, 1.82) is 0 Å². The summed E-state index contributed by atoms with van der Waals surface area (Å²) in [5.74, 6) is -0.0289. The van der Waals surface area contributed by atoms with Crippen LogP contribution in [0.4, 0.5) is 0 Å². The van der Waals surface area contributed by atoms with Crippen molar-refractivity contribution in [2.45, 2.75) is 19.4 Å². The molecule has 1 aromatic carbocycles. The average Bonchev–Trinajstić information content (AvgIpc) is 2.23. The van der Waals surface area contributed by atoms with Crippen molar-refractivity contribution >= 4 is 5.97 Å². The van der Waals surface area contributed by atoms with Crippen LogP contribution in [-0.4, -0.2) is 42.7 Å². The maximum Gasteiger partial charge on any atom is 0.305 e. The van der Waals surface area contributed by atoms with Crippen molar-refractivity contribution in [1.82, 2.24) is 4.90 Å². The molecule has 1 atom stereocenters. The van der Waals surface area contributed by atoms with E-state index in [2.05, 4.69) is 0 Å². The molecule has 0 amide bonds. The minimum atomic E-state index is -0.809. The van der Waals surface area contributed by atoms with Crippen molar-refractivity contribution < 1.29 is 14.6 Å². The Morgan fingerprint density at radius 3 is 2.71 bits per heavy atom. The van der Waals surface area contributed by atoms with E-state index in [0.717, 1.165) is 11.3 Å². The molecule has 4 nitrogen and oxygen atoms in total. The van der Waals surface area contributed by atoms with Gasteiger partial charge in [-0.2, -0.15) is 0 Å². The van der Waals surface area contributed by atoms with Crippen LogP contribution < -0.4 is 4.74 Å². The molecule has 1 rings (SSSR count). The number of hydrogen-bond donors (Lipinski definition) is 1. The molecule has 94 valence electrons. The number of rotatable bonds is 6. The lowest BCUT2D eigenvalue weighted by atomic mass is 10.2. The number of hydrogen-bond acceptors (Lipinski definition) is 3. The zero-order valence-corrected chi connectivity index (χ0v) is 10.5. The predicted molar refractivity (Wildman–Crippen MR) is 66.4 cm³/mol. The van der Waals surface area contributed by atoms with E-state index in [1.165, 1.54) is 0 Å². The fourth-order valence-corrected chi connectivity index (χ4v) is 1.49. The van der Waals surface area contributed by atoms with Gasteiger partial charge in [0.15, 0.2) is 0 Å². The second kappa shape index (κ2) is 6.25. The van der Waals surface area contributed by atoms with Crippen molar-refractivity contribution in [2.24, 2.45) is 0 Å². The van der Waals surface area contributed by atoms with Crippen LogP contribution in [0.2, 0.25) is 0 Å². The Balaban J connectivity index is 2.54. The van der Waals surface area contributed by atoms with E-state index in [4.69, 9.17) is 9.84 Å². The predicted octanol–water partition coefficient (Wildman–Crippen LogP) is 1.78. The molecule has 1 N–H and O–H groups in total. The maximum absolute atomic E-state index is 10.7. The summed E-state index contributed by atoms with van der Waals surface area (Å²) in [4.78, 5) is 12.6. The van der Waals surface area contributed by atoms with Crippen LogP contribution in [0.5, 0.6) is 5.75 Å². The Labute approximate surface area is 102 Å². The van der Waals surface area contributed by atoms with Gasteiger partial charge < -0.3 is 14.7 Å². The molecule has 0 saturated heterocycles. The number of ether oxygens (including phenoxy) is 1. The number of aliphatic carboxylic acids is 1. The first-order chi connectivity index (χ1) is 7.99. The summed E-state index contributed by atoms with van der Waals surface area (Å²) >= 11 is 0. The molecule has 0 bridgehead atoms. The summed E-state index contributed by atoms with van der Waals surface area (Å²) in [6.07, 6.45) is 0.0822. The molecule has 0 aromatic heterocycles. The summed E-state index contributed by atoms with van der Waals surface area (Å²) < 4.78 is 5.61. The highest BCUT2D eigenvalue weighted by molar-refractivity contribution is 5.67. The van der Waals surface area contributed by atoms with Gasteiger partial charge in [-0.1, -0.05) is 12.1 Å². The summed E-state index contributed by atoms with van der Waals surface area (Å²) in [6.45, 7) is 2.37. The van der Waals surface area contributed by atoms with E-state index in [9.17, 15) is 4.79 Å². The van der Waals surface area contributed by atoms with Crippen LogP contribution in [0.25, 0.3) is 0 Å². The molecule has 0 saturated carbocycles. The summed E-state index contributed by atoms with van der Waals surface area (Å²) in [6, 6.07) is 7.61. The normalized spacial score (nSPS) is 12.5. The first-order valence-corrected chi connectivity index (χ1v) is 5.56. The van der Waals surface area contributed by atoms with Crippen LogP contribution >= 0.6 is 0 Å². The monoisotopic (exact) mass is 237 g/mol.